The zero-order valence-electron chi connectivity index (χ0n) is 12.7. The SMILES string of the molecule is CCCC1CCC(CNC)(OCC2CCCO2)CC1. The van der Waals surface area contributed by atoms with Gasteiger partial charge in [-0.25, -0.2) is 0 Å². The van der Waals surface area contributed by atoms with Gasteiger partial charge in [0.1, 0.15) is 0 Å². The van der Waals surface area contributed by atoms with Crippen LogP contribution in [0, 0.1) is 5.92 Å². The van der Waals surface area contributed by atoms with Gasteiger partial charge in [-0.1, -0.05) is 19.8 Å². The van der Waals surface area contributed by atoms with E-state index >= 15 is 0 Å². The average molecular weight is 269 g/mol. The minimum atomic E-state index is 0.0743. The Labute approximate surface area is 118 Å². The molecule has 1 atom stereocenters. The maximum atomic E-state index is 6.33. The van der Waals surface area contributed by atoms with Gasteiger partial charge in [0.2, 0.25) is 0 Å². The number of likely N-dealkylation sites (N-methyl/N-ethyl adjacent to an activating group) is 1. The summed E-state index contributed by atoms with van der Waals surface area (Å²) in [4.78, 5) is 0. The molecule has 1 unspecified atom stereocenters. The average Bonchev–Trinajstić information content (AvgIpc) is 2.93. The number of hydrogen-bond donors (Lipinski definition) is 1. The Morgan fingerprint density at radius 2 is 2.05 bits per heavy atom. The van der Waals surface area contributed by atoms with Crippen LogP contribution in [0.1, 0.15) is 58.3 Å². The third kappa shape index (κ3) is 4.44. The lowest BCUT2D eigenvalue weighted by atomic mass is 9.77. The van der Waals surface area contributed by atoms with Crippen LogP contribution in [0.15, 0.2) is 0 Å². The van der Waals surface area contributed by atoms with Gasteiger partial charge < -0.3 is 14.8 Å². The van der Waals surface area contributed by atoms with Crippen molar-refractivity contribution in [1.82, 2.24) is 5.32 Å². The second-order valence-corrected chi connectivity index (χ2v) is 6.39. The second-order valence-electron chi connectivity index (χ2n) is 6.39. The van der Waals surface area contributed by atoms with Crippen LogP contribution in [-0.2, 0) is 9.47 Å². The van der Waals surface area contributed by atoms with Gasteiger partial charge in [-0.15, -0.1) is 0 Å². The maximum Gasteiger partial charge on any atom is 0.0809 e. The molecule has 2 fully saturated rings. The highest BCUT2D eigenvalue weighted by atomic mass is 16.5. The summed E-state index contributed by atoms with van der Waals surface area (Å²) < 4.78 is 12.0. The van der Waals surface area contributed by atoms with E-state index in [2.05, 4.69) is 12.2 Å². The third-order valence-corrected chi connectivity index (χ3v) is 4.81. The summed E-state index contributed by atoms with van der Waals surface area (Å²) in [5, 5.41) is 3.33. The lowest BCUT2D eigenvalue weighted by Gasteiger charge is -2.40. The molecule has 0 aromatic carbocycles. The highest BCUT2D eigenvalue weighted by molar-refractivity contribution is 4.89. The molecular weight excluding hydrogens is 238 g/mol. The van der Waals surface area contributed by atoms with E-state index in [0.29, 0.717) is 6.10 Å². The van der Waals surface area contributed by atoms with Crippen LogP contribution in [0.25, 0.3) is 0 Å². The van der Waals surface area contributed by atoms with E-state index in [1.54, 1.807) is 0 Å². The van der Waals surface area contributed by atoms with Crippen LogP contribution in [0.5, 0.6) is 0 Å². The summed E-state index contributed by atoms with van der Waals surface area (Å²) in [5.74, 6) is 0.932. The largest absolute Gasteiger partial charge is 0.376 e. The summed E-state index contributed by atoms with van der Waals surface area (Å²) in [6.45, 7) is 4.99. The fraction of sp³-hybridized carbons (Fsp3) is 1.00. The van der Waals surface area contributed by atoms with Crippen LogP contribution < -0.4 is 5.32 Å². The predicted octanol–water partition coefficient (Wildman–Crippen LogP) is 3.13. The van der Waals surface area contributed by atoms with Crippen LogP contribution in [-0.4, -0.2) is 38.5 Å². The molecule has 1 heterocycles. The fourth-order valence-corrected chi connectivity index (χ4v) is 3.64. The van der Waals surface area contributed by atoms with Crippen molar-refractivity contribution in [2.45, 2.75) is 70.0 Å². The van der Waals surface area contributed by atoms with Gasteiger partial charge in [0, 0.05) is 13.2 Å². The van der Waals surface area contributed by atoms with Gasteiger partial charge in [-0.3, -0.25) is 0 Å². The second kappa shape index (κ2) is 7.61. The first-order chi connectivity index (χ1) is 9.28. The quantitative estimate of drug-likeness (QED) is 0.770. The van der Waals surface area contributed by atoms with Crippen molar-refractivity contribution in [1.29, 1.82) is 0 Å². The summed E-state index contributed by atoms with van der Waals surface area (Å²) in [7, 11) is 2.04. The standard InChI is InChI=1S/C16H31NO2/c1-3-5-14-7-9-16(10-8-14,13-17-2)19-12-15-6-4-11-18-15/h14-15,17H,3-13H2,1-2H3. The van der Waals surface area contributed by atoms with Gasteiger partial charge >= 0.3 is 0 Å². The number of hydrogen-bond acceptors (Lipinski definition) is 3. The molecule has 1 saturated carbocycles. The molecule has 2 aliphatic rings. The Morgan fingerprint density at radius 1 is 1.26 bits per heavy atom. The minimum absolute atomic E-state index is 0.0743. The molecule has 3 nitrogen and oxygen atoms in total. The van der Waals surface area contributed by atoms with Crippen LogP contribution in [0.2, 0.25) is 0 Å². The molecule has 0 bridgehead atoms. The predicted molar refractivity (Wildman–Crippen MR) is 78.4 cm³/mol. The Bertz CT molecular complexity index is 243. The first-order valence-corrected chi connectivity index (χ1v) is 8.18. The highest BCUT2D eigenvalue weighted by Gasteiger charge is 2.36. The van der Waals surface area contributed by atoms with E-state index in [4.69, 9.17) is 9.47 Å². The minimum Gasteiger partial charge on any atom is -0.376 e. The molecule has 1 saturated heterocycles. The van der Waals surface area contributed by atoms with Crippen molar-refractivity contribution >= 4 is 0 Å². The topological polar surface area (TPSA) is 30.5 Å². The van der Waals surface area contributed by atoms with Crippen LogP contribution in [0.4, 0.5) is 0 Å². The molecule has 1 N–H and O–H groups in total. The van der Waals surface area contributed by atoms with Crippen molar-refractivity contribution in [3.8, 4) is 0 Å². The number of nitrogens with one attached hydrogen (secondary N) is 1. The normalized spacial score (nSPS) is 35.7. The van der Waals surface area contributed by atoms with Gasteiger partial charge in [0.15, 0.2) is 0 Å². The smallest absolute Gasteiger partial charge is 0.0809 e. The van der Waals surface area contributed by atoms with Crippen molar-refractivity contribution in [3.05, 3.63) is 0 Å². The molecule has 0 radical (unpaired) electrons. The molecular formula is C16H31NO2. The zero-order chi connectivity index (χ0) is 13.6. The van der Waals surface area contributed by atoms with Crippen molar-refractivity contribution in [2.75, 3.05) is 26.8 Å². The van der Waals surface area contributed by atoms with Gasteiger partial charge in [-0.05, 0) is 51.5 Å². The molecule has 0 spiro atoms. The maximum absolute atomic E-state index is 6.33. The highest BCUT2D eigenvalue weighted by Crippen LogP contribution is 2.37. The Balaban J connectivity index is 1.80. The molecule has 3 heteroatoms. The van der Waals surface area contributed by atoms with E-state index in [0.717, 1.165) is 25.7 Å². The van der Waals surface area contributed by atoms with Crippen molar-refractivity contribution < 1.29 is 9.47 Å². The monoisotopic (exact) mass is 269 g/mol. The molecule has 19 heavy (non-hydrogen) atoms. The Morgan fingerprint density at radius 3 is 2.63 bits per heavy atom. The summed E-state index contributed by atoms with van der Waals surface area (Å²) in [6, 6.07) is 0. The molecule has 112 valence electrons. The lowest BCUT2D eigenvalue weighted by molar-refractivity contribution is -0.105. The van der Waals surface area contributed by atoms with E-state index in [-0.39, 0.29) is 5.60 Å². The first kappa shape index (κ1) is 15.3. The number of rotatable bonds is 7. The molecule has 0 aromatic rings. The fourth-order valence-electron chi connectivity index (χ4n) is 3.64. The molecule has 0 amide bonds. The van der Waals surface area contributed by atoms with E-state index in [1.165, 1.54) is 51.4 Å². The van der Waals surface area contributed by atoms with Crippen molar-refractivity contribution in [3.63, 3.8) is 0 Å². The molecule has 2 rings (SSSR count). The molecule has 1 aliphatic heterocycles. The summed E-state index contributed by atoms with van der Waals surface area (Å²) in [5.41, 5.74) is 0.0743. The van der Waals surface area contributed by atoms with Gasteiger partial charge in [0.05, 0.1) is 18.3 Å². The van der Waals surface area contributed by atoms with Gasteiger partial charge in [-0.2, -0.15) is 0 Å². The van der Waals surface area contributed by atoms with E-state index in [1.807, 2.05) is 7.05 Å². The van der Waals surface area contributed by atoms with Crippen molar-refractivity contribution in [2.24, 2.45) is 5.92 Å². The zero-order valence-corrected chi connectivity index (χ0v) is 12.7. The van der Waals surface area contributed by atoms with E-state index in [9.17, 15) is 0 Å². The Kier molecular flexibility index (Phi) is 6.11. The van der Waals surface area contributed by atoms with Crippen LogP contribution in [0.3, 0.4) is 0 Å². The first-order valence-electron chi connectivity index (χ1n) is 8.18. The van der Waals surface area contributed by atoms with Crippen LogP contribution >= 0.6 is 0 Å². The Hall–Kier alpha value is -0.120. The number of ether oxygens (including phenoxy) is 2. The lowest BCUT2D eigenvalue weighted by Crippen LogP contribution is -2.46. The molecule has 1 aliphatic carbocycles. The summed E-state index contributed by atoms with van der Waals surface area (Å²) >= 11 is 0. The third-order valence-electron chi connectivity index (χ3n) is 4.81. The van der Waals surface area contributed by atoms with E-state index < -0.39 is 0 Å². The summed E-state index contributed by atoms with van der Waals surface area (Å²) in [6.07, 6.45) is 10.5. The molecule has 0 aromatic heterocycles. The van der Waals surface area contributed by atoms with Gasteiger partial charge in [0.25, 0.3) is 0 Å².